The van der Waals surface area contributed by atoms with Gasteiger partial charge < -0.3 is 4.90 Å². The van der Waals surface area contributed by atoms with Crippen molar-refractivity contribution in [1.29, 1.82) is 0 Å². The first-order valence-corrected chi connectivity index (χ1v) is 4.81. The van der Waals surface area contributed by atoms with Crippen LogP contribution in [0, 0.1) is 0 Å². The fourth-order valence-electron chi connectivity index (χ4n) is 1.46. The maximum Gasteiger partial charge on any atom is 0.0163 e. The highest BCUT2D eigenvalue weighted by Gasteiger charge is 2.03. The van der Waals surface area contributed by atoms with Crippen LogP contribution in [0.1, 0.15) is 12.8 Å². The van der Waals surface area contributed by atoms with Gasteiger partial charge in [0.1, 0.15) is 0 Å². The van der Waals surface area contributed by atoms with Crippen LogP contribution in [0.2, 0.25) is 0 Å². The molecule has 0 aliphatic carbocycles. The van der Waals surface area contributed by atoms with Gasteiger partial charge in [0.15, 0.2) is 0 Å². The van der Waals surface area contributed by atoms with Crippen molar-refractivity contribution in [3.8, 4) is 0 Å². The van der Waals surface area contributed by atoms with Gasteiger partial charge in [0, 0.05) is 13.1 Å². The van der Waals surface area contributed by atoms with E-state index >= 15 is 0 Å². The van der Waals surface area contributed by atoms with Crippen molar-refractivity contribution < 1.29 is 0 Å². The third-order valence-electron chi connectivity index (χ3n) is 2.33. The van der Waals surface area contributed by atoms with Gasteiger partial charge in [-0.1, -0.05) is 12.2 Å². The molecular weight excluding hydrogens is 148 g/mol. The van der Waals surface area contributed by atoms with Crippen LogP contribution in [0.5, 0.6) is 0 Å². The number of hydrogen-bond acceptors (Lipinski definition) is 2. The molecule has 2 aliphatic heterocycles. The zero-order valence-electron chi connectivity index (χ0n) is 8.29. The first-order chi connectivity index (χ1) is 5.79. The maximum absolute atomic E-state index is 2.36. The van der Waals surface area contributed by atoms with E-state index in [1.807, 2.05) is 0 Å². The Bertz CT molecular complexity index is 129. The topological polar surface area (TPSA) is 6.48 Å². The molecule has 70 valence electrons. The molecule has 0 aromatic rings. The fourth-order valence-corrected chi connectivity index (χ4v) is 1.46. The molecular formula is C10H20N2. The van der Waals surface area contributed by atoms with E-state index in [0.29, 0.717) is 0 Å². The van der Waals surface area contributed by atoms with Crippen molar-refractivity contribution in [3.63, 3.8) is 0 Å². The molecule has 2 nitrogen and oxygen atoms in total. The van der Waals surface area contributed by atoms with E-state index in [0.717, 1.165) is 13.1 Å². The Balaban J connectivity index is 0.000000120. The standard InChI is InChI=1S/C5H11N.C5H9N/c2*1-6-4-2-3-5-6/h2-5H2,1H3;2-3H,4-5H2,1H3. The summed E-state index contributed by atoms with van der Waals surface area (Å²) in [5.74, 6) is 0. The highest BCUT2D eigenvalue weighted by atomic mass is 15.1. The molecule has 2 aliphatic rings. The van der Waals surface area contributed by atoms with E-state index < -0.39 is 0 Å². The van der Waals surface area contributed by atoms with Crippen molar-refractivity contribution >= 4 is 0 Å². The molecule has 0 bridgehead atoms. The van der Waals surface area contributed by atoms with E-state index in [1.54, 1.807) is 0 Å². The second kappa shape index (κ2) is 5.33. The van der Waals surface area contributed by atoms with Gasteiger partial charge in [0.05, 0.1) is 0 Å². The molecule has 2 heterocycles. The van der Waals surface area contributed by atoms with E-state index in [9.17, 15) is 0 Å². The summed E-state index contributed by atoms with van der Waals surface area (Å²) in [5.41, 5.74) is 0. The van der Waals surface area contributed by atoms with Gasteiger partial charge >= 0.3 is 0 Å². The van der Waals surface area contributed by atoms with E-state index in [4.69, 9.17) is 0 Å². The first kappa shape index (κ1) is 9.75. The Morgan fingerprint density at radius 2 is 1.33 bits per heavy atom. The van der Waals surface area contributed by atoms with Crippen LogP contribution in [-0.4, -0.2) is 50.1 Å². The molecule has 0 amide bonds. The molecule has 1 saturated heterocycles. The summed E-state index contributed by atoms with van der Waals surface area (Å²) in [6.45, 7) is 4.92. The van der Waals surface area contributed by atoms with Crippen molar-refractivity contribution in [2.75, 3.05) is 40.3 Å². The number of nitrogens with zero attached hydrogens (tertiary/aromatic N) is 2. The normalized spacial score (nSPS) is 24.2. The molecule has 2 rings (SSSR count). The summed E-state index contributed by atoms with van der Waals surface area (Å²) >= 11 is 0. The average Bonchev–Trinajstić information content (AvgIpc) is 2.63. The average molecular weight is 168 g/mol. The molecule has 12 heavy (non-hydrogen) atoms. The summed E-state index contributed by atoms with van der Waals surface area (Å²) in [5, 5.41) is 0. The van der Waals surface area contributed by atoms with Crippen molar-refractivity contribution in [3.05, 3.63) is 12.2 Å². The van der Waals surface area contributed by atoms with Gasteiger partial charge in [-0.15, -0.1) is 0 Å². The minimum Gasteiger partial charge on any atom is -0.306 e. The molecule has 0 unspecified atom stereocenters. The van der Waals surface area contributed by atoms with E-state index in [-0.39, 0.29) is 0 Å². The first-order valence-electron chi connectivity index (χ1n) is 4.81. The highest BCUT2D eigenvalue weighted by molar-refractivity contribution is 4.93. The Hall–Kier alpha value is -0.340. The second-order valence-corrected chi connectivity index (χ2v) is 3.70. The van der Waals surface area contributed by atoms with Crippen LogP contribution < -0.4 is 0 Å². The highest BCUT2D eigenvalue weighted by Crippen LogP contribution is 2.02. The quantitative estimate of drug-likeness (QED) is 0.501. The zero-order chi connectivity index (χ0) is 8.81. The van der Waals surface area contributed by atoms with Gasteiger partial charge in [-0.3, -0.25) is 4.90 Å². The lowest BCUT2D eigenvalue weighted by molar-refractivity contribution is 0.418. The molecule has 2 heteroatoms. The molecule has 0 N–H and O–H groups in total. The Morgan fingerprint density at radius 1 is 0.833 bits per heavy atom. The molecule has 0 atom stereocenters. The van der Waals surface area contributed by atoms with Crippen LogP contribution in [-0.2, 0) is 0 Å². The molecule has 0 spiro atoms. The lowest BCUT2D eigenvalue weighted by atomic mass is 10.4. The minimum absolute atomic E-state index is 1.14. The Labute approximate surface area is 75.8 Å². The predicted octanol–water partition coefficient (Wildman–Crippen LogP) is 1.20. The third kappa shape index (κ3) is 3.88. The van der Waals surface area contributed by atoms with Gasteiger partial charge in [-0.25, -0.2) is 0 Å². The largest absolute Gasteiger partial charge is 0.306 e. The summed E-state index contributed by atoms with van der Waals surface area (Å²) in [6.07, 6.45) is 7.19. The molecule has 0 saturated carbocycles. The van der Waals surface area contributed by atoms with Gasteiger partial charge in [0.25, 0.3) is 0 Å². The van der Waals surface area contributed by atoms with E-state index in [1.165, 1.54) is 25.9 Å². The smallest absolute Gasteiger partial charge is 0.0163 e. The summed E-state index contributed by atoms with van der Waals surface area (Å²) in [6, 6.07) is 0. The molecule has 0 aromatic carbocycles. The van der Waals surface area contributed by atoms with Gasteiger partial charge in [-0.05, 0) is 40.0 Å². The van der Waals surface area contributed by atoms with Crippen molar-refractivity contribution in [1.82, 2.24) is 9.80 Å². The zero-order valence-corrected chi connectivity index (χ0v) is 8.29. The van der Waals surface area contributed by atoms with Crippen molar-refractivity contribution in [2.45, 2.75) is 12.8 Å². The Morgan fingerprint density at radius 3 is 1.50 bits per heavy atom. The molecule has 0 radical (unpaired) electrons. The van der Waals surface area contributed by atoms with Gasteiger partial charge in [0.2, 0.25) is 0 Å². The fraction of sp³-hybridized carbons (Fsp3) is 0.800. The van der Waals surface area contributed by atoms with Crippen molar-refractivity contribution in [2.24, 2.45) is 0 Å². The van der Waals surface area contributed by atoms with Crippen LogP contribution in [0.25, 0.3) is 0 Å². The minimum atomic E-state index is 1.14. The number of rotatable bonds is 0. The molecule has 1 fully saturated rings. The SMILES string of the molecule is CN1CC=CC1.CN1CCCC1. The van der Waals surface area contributed by atoms with Crippen LogP contribution in [0.3, 0.4) is 0 Å². The molecule has 0 aromatic heterocycles. The number of likely N-dealkylation sites (tertiary alicyclic amines) is 1. The maximum atomic E-state index is 2.36. The summed E-state index contributed by atoms with van der Waals surface area (Å²) in [4.78, 5) is 4.61. The monoisotopic (exact) mass is 168 g/mol. The predicted molar refractivity (Wildman–Crippen MR) is 53.4 cm³/mol. The van der Waals surface area contributed by atoms with E-state index in [2.05, 4.69) is 36.0 Å². The van der Waals surface area contributed by atoms with Crippen LogP contribution in [0.4, 0.5) is 0 Å². The van der Waals surface area contributed by atoms with Gasteiger partial charge in [-0.2, -0.15) is 0 Å². The second-order valence-electron chi connectivity index (χ2n) is 3.70. The summed E-state index contributed by atoms with van der Waals surface area (Å²) in [7, 11) is 4.28. The van der Waals surface area contributed by atoms with Crippen LogP contribution in [0.15, 0.2) is 12.2 Å². The summed E-state index contributed by atoms with van der Waals surface area (Å²) < 4.78 is 0. The Kier molecular flexibility index (Phi) is 4.33. The third-order valence-corrected chi connectivity index (χ3v) is 2.33. The number of hydrogen-bond donors (Lipinski definition) is 0. The van der Waals surface area contributed by atoms with Crippen LogP contribution >= 0.6 is 0 Å². The lowest BCUT2D eigenvalue weighted by Gasteiger charge is -2.01. The number of likely N-dealkylation sites (N-methyl/N-ethyl adjacent to an activating group) is 1. The lowest BCUT2D eigenvalue weighted by Crippen LogP contribution is -2.11.